The van der Waals surface area contributed by atoms with Crippen LogP contribution in [0.1, 0.15) is 36.0 Å². The molecule has 22 heavy (non-hydrogen) atoms. The van der Waals surface area contributed by atoms with Gasteiger partial charge in [0.2, 0.25) is 0 Å². The standard InChI is InChI=1S/C15H21BrN2O3S/c1-10-9-11(22-12(10)16)13(19)17-5-7-18(8-6-17)14(20)21-15(2,3)4/h9H,5-8H2,1-4H3. The van der Waals surface area contributed by atoms with Crippen LogP contribution in [0.25, 0.3) is 0 Å². The molecule has 2 amide bonds. The van der Waals surface area contributed by atoms with Gasteiger partial charge in [-0.15, -0.1) is 11.3 Å². The molecule has 2 rings (SSSR count). The van der Waals surface area contributed by atoms with Gasteiger partial charge in [-0.25, -0.2) is 4.79 Å². The molecular weight excluding hydrogens is 368 g/mol. The lowest BCUT2D eigenvalue weighted by atomic mass is 10.2. The van der Waals surface area contributed by atoms with Crippen LogP contribution in [0, 0.1) is 6.92 Å². The molecule has 0 atom stereocenters. The quantitative estimate of drug-likeness (QED) is 0.739. The van der Waals surface area contributed by atoms with Crippen LogP contribution in [0.4, 0.5) is 4.79 Å². The molecule has 1 saturated heterocycles. The van der Waals surface area contributed by atoms with Crippen molar-refractivity contribution in [1.29, 1.82) is 0 Å². The van der Waals surface area contributed by atoms with Crippen molar-refractivity contribution in [2.75, 3.05) is 26.2 Å². The number of carbonyl (C=O) groups is 2. The molecule has 0 spiro atoms. The molecule has 0 N–H and O–H groups in total. The Balaban J connectivity index is 1.92. The molecule has 7 heteroatoms. The number of hydrogen-bond donors (Lipinski definition) is 0. The second-order valence-corrected chi connectivity index (χ2v) is 8.70. The summed E-state index contributed by atoms with van der Waals surface area (Å²) in [6.07, 6.45) is -0.311. The van der Waals surface area contributed by atoms with Crippen molar-refractivity contribution >= 4 is 39.3 Å². The van der Waals surface area contributed by atoms with Gasteiger partial charge < -0.3 is 14.5 Å². The summed E-state index contributed by atoms with van der Waals surface area (Å²) in [5.74, 6) is 0.0302. The van der Waals surface area contributed by atoms with E-state index in [0.29, 0.717) is 26.2 Å². The number of aryl methyl sites for hydroxylation is 1. The molecule has 1 fully saturated rings. The summed E-state index contributed by atoms with van der Waals surface area (Å²) in [6.45, 7) is 9.60. The second-order valence-electron chi connectivity index (χ2n) is 6.33. The molecule has 0 aromatic carbocycles. The molecule has 122 valence electrons. The zero-order chi connectivity index (χ0) is 16.5. The number of rotatable bonds is 1. The predicted octanol–water partition coefficient (Wildman–Crippen LogP) is 3.51. The molecule has 0 bridgehead atoms. The van der Waals surface area contributed by atoms with Crippen LogP contribution in [0.5, 0.6) is 0 Å². The highest BCUT2D eigenvalue weighted by atomic mass is 79.9. The fraction of sp³-hybridized carbons (Fsp3) is 0.600. The Bertz CT molecular complexity index is 552. The third-order valence-electron chi connectivity index (χ3n) is 3.29. The number of halogens is 1. The van der Waals surface area contributed by atoms with E-state index in [1.54, 1.807) is 9.80 Å². The number of thiophene rings is 1. The van der Waals surface area contributed by atoms with Gasteiger partial charge in [0.25, 0.3) is 5.91 Å². The summed E-state index contributed by atoms with van der Waals surface area (Å²) in [4.78, 5) is 28.6. The summed E-state index contributed by atoms with van der Waals surface area (Å²) in [6, 6.07) is 1.90. The van der Waals surface area contributed by atoms with Crippen LogP contribution in [-0.4, -0.2) is 53.6 Å². The van der Waals surface area contributed by atoms with Crippen LogP contribution in [0.3, 0.4) is 0 Å². The van der Waals surface area contributed by atoms with E-state index in [1.807, 2.05) is 33.8 Å². The third kappa shape index (κ3) is 4.23. The maximum Gasteiger partial charge on any atom is 0.410 e. The van der Waals surface area contributed by atoms with Gasteiger partial charge in [0.05, 0.1) is 8.66 Å². The topological polar surface area (TPSA) is 49.9 Å². The molecular formula is C15H21BrN2O3S. The van der Waals surface area contributed by atoms with Gasteiger partial charge in [-0.2, -0.15) is 0 Å². The fourth-order valence-corrected chi connectivity index (χ4v) is 3.64. The molecule has 5 nitrogen and oxygen atoms in total. The summed E-state index contributed by atoms with van der Waals surface area (Å²) >= 11 is 4.89. The summed E-state index contributed by atoms with van der Waals surface area (Å²) in [7, 11) is 0. The van der Waals surface area contributed by atoms with E-state index in [1.165, 1.54) is 11.3 Å². The average molecular weight is 389 g/mol. The average Bonchev–Trinajstić information content (AvgIpc) is 2.76. The molecule has 1 aliphatic heterocycles. The first-order valence-electron chi connectivity index (χ1n) is 7.20. The normalized spacial score (nSPS) is 15.9. The molecule has 0 radical (unpaired) electrons. The highest BCUT2D eigenvalue weighted by molar-refractivity contribution is 9.11. The van der Waals surface area contributed by atoms with Gasteiger partial charge in [0.1, 0.15) is 5.60 Å². The van der Waals surface area contributed by atoms with E-state index in [9.17, 15) is 9.59 Å². The number of ether oxygens (including phenoxy) is 1. The van der Waals surface area contributed by atoms with Gasteiger partial charge >= 0.3 is 6.09 Å². The summed E-state index contributed by atoms with van der Waals surface area (Å²) in [5, 5.41) is 0. The number of piperazine rings is 1. The molecule has 1 aromatic heterocycles. The Hall–Kier alpha value is -1.08. The van der Waals surface area contributed by atoms with Gasteiger partial charge in [-0.3, -0.25) is 4.79 Å². The van der Waals surface area contributed by atoms with Crippen LogP contribution in [0.15, 0.2) is 9.85 Å². The minimum absolute atomic E-state index is 0.0302. The Kier molecular flexibility index (Phi) is 5.17. The highest BCUT2D eigenvalue weighted by Crippen LogP contribution is 2.28. The summed E-state index contributed by atoms with van der Waals surface area (Å²) in [5.41, 5.74) is 0.575. The predicted molar refractivity (Wildman–Crippen MR) is 90.5 cm³/mol. The molecule has 1 aromatic rings. The van der Waals surface area contributed by atoms with Crippen LogP contribution >= 0.6 is 27.3 Å². The fourth-order valence-electron chi connectivity index (χ4n) is 2.14. The van der Waals surface area contributed by atoms with Crippen molar-refractivity contribution in [2.24, 2.45) is 0 Å². The van der Waals surface area contributed by atoms with Gasteiger partial charge in [-0.1, -0.05) is 0 Å². The first-order chi connectivity index (χ1) is 10.2. The molecule has 2 heterocycles. The van der Waals surface area contributed by atoms with E-state index < -0.39 is 5.60 Å². The maximum atomic E-state index is 12.5. The first kappa shape index (κ1) is 17.3. The van der Waals surface area contributed by atoms with Crippen molar-refractivity contribution < 1.29 is 14.3 Å². The second kappa shape index (κ2) is 6.58. The molecule has 0 aliphatic carbocycles. The maximum absolute atomic E-state index is 12.5. The Morgan fingerprint density at radius 1 is 1.18 bits per heavy atom. The molecule has 1 aliphatic rings. The van der Waals surface area contributed by atoms with E-state index in [-0.39, 0.29) is 12.0 Å². The smallest absolute Gasteiger partial charge is 0.410 e. The van der Waals surface area contributed by atoms with Gasteiger partial charge in [-0.05, 0) is 55.3 Å². The van der Waals surface area contributed by atoms with Crippen LogP contribution < -0.4 is 0 Å². The Morgan fingerprint density at radius 3 is 2.18 bits per heavy atom. The largest absolute Gasteiger partial charge is 0.444 e. The lowest BCUT2D eigenvalue weighted by Gasteiger charge is -2.35. The number of nitrogens with zero attached hydrogens (tertiary/aromatic N) is 2. The minimum Gasteiger partial charge on any atom is -0.444 e. The third-order valence-corrected chi connectivity index (χ3v) is 5.41. The van der Waals surface area contributed by atoms with Crippen molar-refractivity contribution in [3.8, 4) is 0 Å². The zero-order valence-electron chi connectivity index (χ0n) is 13.3. The van der Waals surface area contributed by atoms with Crippen molar-refractivity contribution in [1.82, 2.24) is 9.80 Å². The highest BCUT2D eigenvalue weighted by Gasteiger charge is 2.28. The Morgan fingerprint density at radius 2 is 1.73 bits per heavy atom. The molecule has 0 unspecified atom stereocenters. The SMILES string of the molecule is Cc1cc(C(=O)N2CCN(C(=O)OC(C)(C)C)CC2)sc1Br. The van der Waals surface area contributed by atoms with Crippen LogP contribution in [-0.2, 0) is 4.74 Å². The van der Waals surface area contributed by atoms with E-state index in [2.05, 4.69) is 15.9 Å². The van der Waals surface area contributed by atoms with Gasteiger partial charge in [0.15, 0.2) is 0 Å². The van der Waals surface area contributed by atoms with Crippen molar-refractivity contribution in [3.63, 3.8) is 0 Å². The Labute approximate surface area is 143 Å². The number of amides is 2. The monoisotopic (exact) mass is 388 g/mol. The van der Waals surface area contributed by atoms with E-state index in [4.69, 9.17) is 4.74 Å². The zero-order valence-corrected chi connectivity index (χ0v) is 15.7. The number of hydrogen-bond acceptors (Lipinski definition) is 4. The van der Waals surface area contributed by atoms with Gasteiger partial charge in [0, 0.05) is 26.2 Å². The summed E-state index contributed by atoms with van der Waals surface area (Å²) < 4.78 is 6.35. The lowest BCUT2D eigenvalue weighted by Crippen LogP contribution is -2.51. The van der Waals surface area contributed by atoms with E-state index in [0.717, 1.165) is 14.2 Å². The minimum atomic E-state index is -0.495. The van der Waals surface area contributed by atoms with Crippen LogP contribution in [0.2, 0.25) is 0 Å². The van der Waals surface area contributed by atoms with E-state index >= 15 is 0 Å². The first-order valence-corrected chi connectivity index (χ1v) is 8.81. The van der Waals surface area contributed by atoms with Crippen molar-refractivity contribution in [3.05, 3.63) is 20.3 Å². The van der Waals surface area contributed by atoms with Crippen molar-refractivity contribution in [2.45, 2.75) is 33.3 Å². The lowest BCUT2D eigenvalue weighted by molar-refractivity contribution is 0.0141. The molecule has 0 saturated carbocycles. The number of carbonyl (C=O) groups excluding carboxylic acids is 2.